The number of hydrogen-bond donors (Lipinski definition) is 2. The van der Waals surface area contributed by atoms with E-state index in [1.54, 1.807) is 42.5 Å². The topological polar surface area (TPSA) is 123 Å². The number of aromatic nitrogens is 2. The molecule has 0 aliphatic heterocycles. The number of carbonyl (C=O) groups is 1. The van der Waals surface area contributed by atoms with Gasteiger partial charge in [0, 0.05) is 24.4 Å². The normalized spacial score (nSPS) is 11.9. The van der Waals surface area contributed by atoms with E-state index >= 15 is 0 Å². The number of rotatable bonds is 8. The molecular formula is C24H18F3N5O2S. The molecule has 2 aromatic heterocycles. The molecule has 3 aromatic rings. The first-order valence-electron chi connectivity index (χ1n) is 10.2. The molecule has 0 saturated heterocycles. The number of ketones is 1. The van der Waals surface area contributed by atoms with Gasteiger partial charge in [-0.25, -0.2) is 4.98 Å². The summed E-state index contributed by atoms with van der Waals surface area (Å²) >= 11 is 1.12. The predicted octanol–water partition coefficient (Wildman–Crippen LogP) is 4.72. The fourth-order valence-corrected chi connectivity index (χ4v) is 4.05. The Morgan fingerprint density at radius 1 is 1.17 bits per heavy atom. The number of carbonyl (C=O) groups excluding carboxylic acids is 1. The van der Waals surface area contributed by atoms with Gasteiger partial charge in [0.15, 0.2) is 11.9 Å². The van der Waals surface area contributed by atoms with Crippen LogP contribution in [0.2, 0.25) is 0 Å². The lowest BCUT2D eigenvalue weighted by Crippen LogP contribution is -2.35. The van der Waals surface area contributed by atoms with Crippen molar-refractivity contribution in [1.82, 2.24) is 9.97 Å². The molecular weight excluding hydrogens is 479 g/mol. The van der Waals surface area contributed by atoms with Crippen molar-refractivity contribution in [3.05, 3.63) is 71.0 Å². The van der Waals surface area contributed by atoms with Gasteiger partial charge in [-0.15, -0.1) is 11.8 Å². The van der Waals surface area contributed by atoms with Crippen LogP contribution < -0.4 is 5.32 Å². The van der Waals surface area contributed by atoms with Crippen LogP contribution in [0.4, 0.5) is 19.0 Å². The molecule has 2 heterocycles. The molecule has 2 N–H and O–H groups in total. The van der Waals surface area contributed by atoms with Gasteiger partial charge in [0.25, 0.3) is 0 Å². The molecule has 0 spiro atoms. The average Bonchev–Trinajstić information content (AvgIpc) is 2.85. The SMILES string of the molecule is CC(=O)c1cc(CSc2nc(NCC(O)C(F)(F)F)c(C#N)c(-c3ccccc3)c2C#N)ccn1. The van der Waals surface area contributed by atoms with E-state index < -0.39 is 18.8 Å². The van der Waals surface area contributed by atoms with E-state index in [0.717, 1.165) is 11.8 Å². The lowest BCUT2D eigenvalue weighted by molar-refractivity contribution is -0.198. The van der Waals surface area contributed by atoms with Crippen LogP contribution >= 0.6 is 11.8 Å². The molecule has 1 aromatic carbocycles. The maximum Gasteiger partial charge on any atom is 0.416 e. The van der Waals surface area contributed by atoms with Gasteiger partial charge in [0.2, 0.25) is 0 Å². The Balaban J connectivity index is 2.08. The molecule has 0 saturated carbocycles. The van der Waals surface area contributed by atoms with Crippen LogP contribution in [0, 0.1) is 22.7 Å². The van der Waals surface area contributed by atoms with E-state index in [0.29, 0.717) is 11.1 Å². The van der Waals surface area contributed by atoms with Gasteiger partial charge in [-0.05, 0) is 23.3 Å². The van der Waals surface area contributed by atoms with Crippen LogP contribution in [0.1, 0.15) is 34.1 Å². The number of halogens is 3. The Bertz CT molecular complexity index is 1320. The Morgan fingerprint density at radius 2 is 1.86 bits per heavy atom. The number of aliphatic hydroxyl groups excluding tert-OH is 1. The third-order valence-corrected chi connectivity index (χ3v) is 5.90. The number of nitriles is 2. The summed E-state index contributed by atoms with van der Waals surface area (Å²) in [6, 6.07) is 15.8. The number of thioether (sulfide) groups is 1. The van der Waals surface area contributed by atoms with E-state index in [9.17, 15) is 33.6 Å². The fraction of sp³-hybridized carbons (Fsp3) is 0.208. The highest BCUT2D eigenvalue weighted by atomic mass is 32.2. The van der Waals surface area contributed by atoms with Crippen molar-refractivity contribution in [3.8, 4) is 23.3 Å². The number of hydrogen-bond acceptors (Lipinski definition) is 8. The monoisotopic (exact) mass is 497 g/mol. The lowest BCUT2D eigenvalue weighted by atomic mass is 9.97. The molecule has 0 radical (unpaired) electrons. The molecule has 1 unspecified atom stereocenters. The zero-order valence-electron chi connectivity index (χ0n) is 18.3. The van der Waals surface area contributed by atoms with Crippen molar-refractivity contribution in [2.24, 2.45) is 0 Å². The third kappa shape index (κ3) is 6.15. The minimum absolute atomic E-state index is 0.0838. The van der Waals surface area contributed by atoms with Gasteiger partial charge in [0.05, 0.1) is 12.1 Å². The number of benzene rings is 1. The second-order valence-electron chi connectivity index (χ2n) is 7.31. The first-order valence-corrected chi connectivity index (χ1v) is 11.1. The lowest BCUT2D eigenvalue weighted by Gasteiger charge is -2.19. The first-order chi connectivity index (χ1) is 16.7. The molecule has 35 heavy (non-hydrogen) atoms. The smallest absolute Gasteiger partial charge is 0.382 e. The third-order valence-electron chi connectivity index (χ3n) is 4.85. The number of pyridine rings is 2. The van der Waals surface area contributed by atoms with E-state index in [1.165, 1.54) is 13.1 Å². The summed E-state index contributed by atoms with van der Waals surface area (Å²) in [5.41, 5.74) is 1.68. The van der Waals surface area contributed by atoms with Crippen molar-refractivity contribution in [3.63, 3.8) is 0 Å². The Hall–Kier alpha value is -3.93. The highest BCUT2D eigenvalue weighted by Crippen LogP contribution is 2.37. The van der Waals surface area contributed by atoms with Crippen LogP contribution in [0.5, 0.6) is 0 Å². The van der Waals surface area contributed by atoms with Crippen LogP contribution in [0.15, 0.2) is 53.7 Å². The van der Waals surface area contributed by atoms with E-state index in [1.807, 2.05) is 6.07 Å². The molecule has 1 atom stereocenters. The van der Waals surface area contributed by atoms with Gasteiger partial charge in [-0.3, -0.25) is 9.78 Å². The summed E-state index contributed by atoms with van der Waals surface area (Å²) in [6.45, 7) is 0.455. The molecule has 3 rings (SSSR count). The number of aliphatic hydroxyl groups is 1. The summed E-state index contributed by atoms with van der Waals surface area (Å²) in [6.07, 6.45) is -6.06. The maximum absolute atomic E-state index is 12.8. The zero-order chi connectivity index (χ0) is 25.6. The highest BCUT2D eigenvalue weighted by molar-refractivity contribution is 7.98. The highest BCUT2D eigenvalue weighted by Gasteiger charge is 2.38. The molecule has 11 heteroatoms. The Kier molecular flexibility index (Phi) is 8.07. The second-order valence-corrected chi connectivity index (χ2v) is 8.28. The Morgan fingerprint density at radius 3 is 2.46 bits per heavy atom. The van der Waals surface area contributed by atoms with E-state index in [2.05, 4.69) is 21.4 Å². The largest absolute Gasteiger partial charge is 0.416 e. The van der Waals surface area contributed by atoms with Gasteiger partial charge in [-0.1, -0.05) is 30.3 Å². The molecule has 0 aliphatic rings. The molecule has 0 amide bonds. The summed E-state index contributed by atoms with van der Waals surface area (Å²) < 4.78 is 38.5. The number of anilines is 1. The van der Waals surface area contributed by atoms with Crippen molar-refractivity contribution >= 4 is 23.4 Å². The maximum atomic E-state index is 12.8. The van der Waals surface area contributed by atoms with Crippen LogP contribution in [0.25, 0.3) is 11.1 Å². The van der Waals surface area contributed by atoms with E-state index in [-0.39, 0.29) is 44.8 Å². The fourth-order valence-electron chi connectivity index (χ4n) is 3.12. The van der Waals surface area contributed by atoms with Crippen LogP contribution in [-0.2, 0) is 5.75 Å². The average molecular weight is 498 g/mol. The van der Waals surface area contributed by atoms with Gasteiger partial charge in [-0.2, -0.15) is 23.7 Å². The molecule has 178 valence electrons. The van der Waals surface area contributed by atoms with Crippen molar-refractivity contribution < 1.29 is 23.1 Å². The molecule has 0 bridgehead atoms. The van der Waals surface area contributed by atoms with Crippen LogP contribution in [-0.4, -0.2) is 39.7 Å². The summed E-state index contributed by atoms with van der Waals surface area (Å²) in [5.74, 6) is -0.127. The molecule has 0 aliphatic carbocycles. The number of nitrogens with one attached hydrogen (secondary N) is 1. The quantitative estimate of drug-likeness (QED) is 0.339. The molecule has 0 fully saturated rings. The van der Waals surface area contributed by atoms with Gasteiger partial charge < -0.3 is 10.4 Å². The first kappa shape index (κ1) is 25.7. The summed E-state index contributed by atoms with van der Waals surface area (Å²) in [4.78, 5) is 19.9. The number of alkyl halides is 3. The minimum Gasteiger partial charge on any atom is -0.382 e. The standard InChI is InChI=1S/C24H18F3N5O2S/c1-14(33)19-9-15(7-8-30-19)13-35-23-18(11-29)21(16-5-3-2-4-6-16)17(10-28)22(32-23)31-12-20(34)24(25,26)27/h2-9,20,34H,12-13H2,1H3,(H,31,32). The number of Topliss-reactive ketones (excluding diaryl/α,β-unsaturated/α-hetero) is 1. The predicted molar refractivity (Wildman–Crippen MR) is 123 cm³/mol. The van der Waals surface area contributed by atoms with Crippen LogP contribution in [0.3, 0.4) is 0 Å². The second kappa shape index (κ2) is 11.0. The summed E-state index contributed by atoms with van der Waals surface area (Å²) in [7, 11) is 0. The van der Waals surface area contributed by atoms with Crippen molar-refractivity contribution in [2.45, 2.75) is 30.0 Å². The minimum atomic E-state index is -4.86. The van der Waals surface area contributed by atoms with E-state index in [4.69, 9.17) is 0 Å². The number of nitrogens with zero attached hydrogens (tertiary/aromatic N) is 4. The van der Waals surface area contributed by atoms with Gasteiger partial charge >= 0.3 is 6.18 Å². The summed E-state index contributed by atoms with van der Waals surface area (Å²) in [5, 5.41) is 31.7. The Labute approximate surface area is 203 Å². The van der Waals surface area contributed by atoms with Crippen molar-refractivity contribution in [1.29, 1.82) is 10.5 Å². The van der Waals surface area contributed by atoms with Crippen molar-refractivity contribution in [2.75, 3.05) is 11.9 Å². The molecule has 7 nitrogen and oxygen atoms in total. The zero-order valence-corrected chi connectivity index (χ0v) is 19.1. The van der Waals surface area contributed by atoms with Gasteiger partial charge in [0.1, 0.15) is 34.2 Å².